The van der Waals surface area contributed by atoms with Crippen molar-refractivity contribution in [1.29, 1.82) is 0 Å². The summed E-state index contributed by atoms with van der Waals surface area (Å²) in [7, 11) is 0. The monoisotopic (exact) mass is 270 g/mol. The Morgan fingerprint density at radius 1 is 1.40 bits per heavy atom. The molecule has 0 aliphatic heterocycles. The van der Waals surface area contributed by atoms with Crippen molar-refractivity contribution in [2.75, 3.05) is 5.73 Å². The molecule has 0 atom stereocenters. The van der Waals surface area contributed by atoms with E-state index in [1.807, 2.05) is 13.8 Å². The van der Waals surface area contributed by atoms with Crippen LogP contribution in [0.25, 0.3) is 22.2 Å². The van der Waals surface area contributed by atoms with Crippen LogP contribution in [0.3, 0.4) is 0 Å². The third-order valence-electron chi connectivity index (χ3n) is 3.28. The molecule has 0 amide bonds. The van der Waals surface area contributed by atoms with Gasteiger partial charge in [0, 0.05) is 23.7 Å². The number of pyridine rings is 1. The summed E-state index contributed by atoms with van der Waals surface area (Å²) in [6, 6.07) is 1.80. The number of hydrogen-bond acceptors (Lipinski definition) is 5. The number of hydrogen-bond donors (Lipinski definition) is 2. The molecule has 3 N–H and O–H groups in total. The van der Waals surface area contributed by atoms with Crippen LogP contribution in [0, 0.1) is 6.92 Å². The molecule has 0 fully saturated rings. The van der Waals surface area contributed by atoms with Crippen molar-refractivity contribution >= 4 is 17.0 Å². The van der Waals surface area contributed by atoms with Crippen LogP contribution in [-0.4, -0.2) is 24.7 Å². The number of nitrogen functional groups attached to an aromatic ring is 1. The minimum atomic E-state index is -0.112. The third-order valence-corrected chi connectivity index (χ3v) is 3.28. The molecule has 102 valence electrons. The maximum atomic E-state index is 12.6. The maximum absolute atomic E-state index is 12.6. The highest BCUT2D eigenvalue weighted by atomic mass is 16.1. The van der Waals surface area contributed by atoms with Crippen molar-refractivity contribution in [3.8, 4) is 11.1 Å². The van der Waals surface area contributed by atoms with Crippen LogP contribution >= 0.6 is 0 Å². The molecule has 0 radical (unpaired) electrons. The molecule has 3 aromatic rings. The topological polar surface area (TPSA) is 102 Å². The molecule has 3 aromatic heterocycles. The number of nitrogens with zero attached hydrogens (tertiary/aromatic N) is 4. The third kappa shape index (κ3) is 1.75. The van der Waals surface area contributed by atoms with Gasteiger partial charge in [0.15, 0.2) is 0 Å². The molecule has 0 spiro atoms. The highest BCUT2D eigenvalue weighted by Crippen LogP contribution is 2.21. The first-order valence-corrected chi connectivity index (χ1v) is 6.28. The van der Waals surface area contributed by atoms with Gasteiger partial charge in [-0.05, 0) is 19.9 Å². The first-order chi connectivity index (χ1) is 9.61. The van der Waals surface area contributed by atoms with Gasteiger partial charge in [0.2, 0.25) is 5.95 Å². The number of H-pyrrole nitrogens is 1. The number of fused-ring (bicyclic) bond motifs is 1. The molecule has 20 heavy (non-hydrogen) atoms. The smallest absolute Gasteiger partial charge is 0.260 e. The highest BCUT2D eigenvalue weighted by Gasteiger charge is 2.14. The number of anilines is 1. The Morgan fingerprint density at radius 2 is 2.20 bits per heavy atom. The number of rotatable bonds is 2. The second-order valence-electron chi connectivity index (χ2n) is 4.50. The maximum Gasteiger partial charge on any atom is 0.260 e. The van der Waals surface area contributed by atoms with Crippen molar-refractivity contribution in [2.24, 2.45) is 0 Å². The number of nitrogens with one attached hydrogen (secondary N) is 1. The van der Waals surface area contributed by atoms with Crippen LogP contribution in [0.2, 0.25) is 0 Å². The molecule has 3 heterocycles. The number of aryl methyl sites for hydroxylation is 2. The zero-order chi connectivity index (χ0) is 14.3. The highest BCUT2D eigenvalue weighted by molar-refractivity contribution is 5.83. The summed E-state index contributed by atoms with van der Waals surface area (Å²) in [6.07, 6.45) is 3.31. The van der Waals surface area contributed by atoms with Gasteiger partial charge >= 0.3 is 0 Å². The summed E-state index contributed by atoms with van der Waals surface area (Å²) in [4.78, 5) is 20.9. The zero-order valence-electron chi connectivity index (χ0n) is 11.2. The number of aromatic nitrogens is 5. The van der Waals surface area contributed by atoms with Crippen LogP contribution in [-0.2, 0) is 6.54 Å². The second kappa shape index (κ2) is 4.44. The van der Waals surface area contributed by atoms with Crippen LogP contribution in [0.4, 0.5) is 5.95 Å². The van der Waals surface area contributed by atoms with Gasteiger partial charge in [-0.25, -0.2) is 4.98 Å². The second-order valence-corrected chi connectivity index (χ2v) is 4.50. The van der Waals surface area contributed by atoms with Gasteiger partial charge in [-0.3, -0.25) is 14.5 Å². The number of nitrogens with two attached hydrogens (primary N) is 1. The largest absolute Gasteiger partial charge is 0.368 e. The Bertz CT molecular complexity index is 834. The first-order valence-electron chi connectivity index (χ1n) is 6.28. The van der Waals surface area contributed by atoms with E-state index in [9.17, 15) is 4.79 Å². The van der Waals surface area contributed by atoms with Gasteiger partial charge in [-0.2, -0.15) is 10.1 Å². The molecule has 7 nitrogen and oxygen atoms in total. The van der Waals surface area contributed by atoms with Crippen molar-refractivity contribution in [1.82, 2.24) is 24.7 Å². The predicted molar refractivity (Wildman–Crippen MR) is 76.2 cm³/mol. The van der Waals surface area contributed by atoms with Gasteiger partial charge in [-0.15, -0.1) is 0 Å². The minimum absolute atomic E-state index is 0.112. The van der Waals surface area contributed by atoms with Crippen LogP contribution in [0.1, 0.15) is 12.6 Å². The Morgan fingerprint density at radius 3 is 2.85 bits per heavy atom. The molecule has 0 aliphatic rings. The zero-order valence-corrected chi connectivity index (χ0v) is 11.2. The molecule has 0 saturated heterocycles. The van der Waals surface area contributed by atoms with E-state index in [1.54, 1.807) is 23.0 Å². The van der Waals surface area contributed by atoms with Gasteiger partial charge < -0.3 is 5.73 Å². The lowest BCUT2D eigenvalue weighted by atomic mass is 10.1. The van der Waals surface area contributed by atoms with E-state index >= 15 is 0 Å². The Hall–Kier alpha value is -2.70. The van der Waals surface area contributed by atoms with E-state index in [-0.39, 0.29) is 11.5 Å². The first kappa shape index (κ1) is 12.3. The molecular weight excluding hydrogens is 256 g/mol. The summed E-state index contributed by atoms with van der Waals surface area (Å²) in [5.74, 6) is 0.174. The van der Waals surface area contributed by atoms with E-state index in [4.69, 9.17) is 5.73 Å². The average molecular weight is 270 g/mol. The number of aromatic amines is 1. The molecule has 3 rings (SSSR count). The van der Waals surface area contributed by atoms with Gasteiger partial charge in [0.1, 0.15) is 5.65 Å². The summed E-state index contributed by atoms with van der Waals surface area (Å²) < 4.78 is 1.60. The average Bonchev–Trinajstić information content (AvgIpc) is 2.92. The van der Waals surface area contributed by atoms with Crippen molar-refractivity contribution < 1.29 is 0 Å². The summed E-state index contributed by atoms with van der Waals surface area (Å²) in [6.45, 7) is 4.26. The van der Waals surface area contributed by atoms with Crippen molar-refractivity contribution in [3.05, 3.63) is 34.5 Å². The van der Waals surface area contributed by atoms with Gasteiger partial charge in [0.05, 0.1) is 17.5 Å². The SMILES string of the molecule is CCn1c(=O)c(-c2cn[nH]c2)cc2c(C)nc(N)nc21. The van der Waals surface area contributed by atoms with E-state index in [0.29, 0.717) is 17.8 Å². The summed E-state index contributed by atoms with van der Waals surface area (Å²) >= 11 is 0. The fourth-order valence-corrected chi connectivity index (χ4v) is 2.31. The Kier molecular flexibility index (Phi) is 2.74. The summed E-state index contributed by atoms with van der Waals surface area (Å²) in [5.41, 5.74) is 8.20. The fourth-order valence-electron chi connectivity index (χ4n) is 2.31. The quantitative estimate of drug-likeness (QED) is 0.725. The van der Waals surface area contributed by atoms with E-state index in [1.165, 1.54) is 0 Å². The van der Waals surface area contributed by atoms with Gasteiger partial charge in [0.25, 0.3) is 5.56 Å². The summed E-state index contributed by atoms with van der Waals surface area (Å²) in [5, 5.41) is 7.42. The lowest BCUT2D eigenvalue weighted by molar-refractivity contribution is 0.750. The molecule has 7 heteroatoms. The fraction of sp³-hybridized carbons (Fsp3) is 0.231. The molecular formula is C13H14N6O. The molecule has 0 bridgehead atoms. The van der Waals surface area contributed by atoms with Crippen LogP contribution in [0.5, 0.6) is 0 Å². The Labute approximate surface area is 114 Å². The molecule has 0 saturated carbocycles. The predicted octanol–water partition coefficient (Wildman–Crippen LogP) is 1.09. The lowest BCUT2D eigenvalue weighted by Crippen LogP contribution is -2.22. The molecule has 0 aliphatic carbocycles. The van der Waals surface area contributed by atoms with E-state index in [2.05, 4.69) is 20.2 Å². The van der Waals surface area contributed by atoms with Crippen molar-refractivity contribution in [3.63, 3.8) is 0 Å². The standard InChI is InChI=1S/C13H14N6O/c1-3-19-11-9(7(2)17-13(14)18-11)4-10(12(19)20)8-5-15-16-6-8/h4-6H,3H2,1-2H3,(H,15,16)(H2,14,17,18). The van der Waals surface area contributed by atoms with Gasteiger partial charge in [-0.1, -0.05) is 0 Å². The lowest BCUT2D eigenvalue weighted by Gasteiger charge is -2.11. The normalized spacial score (nSPS) is 11.1. The minimum Gasteiger partial charge on any atom is -0.368 e. The van der Waals surface area contributed by atoms with E-state index in [0.717, 1.165) is 16.6 Å². The van der Waals surface area contributed by atoms with E-state index < -0.39 is 0 Å². The molecule has 0 unspecified atom stereocenters. The Balaban J connectivity index is 2.46. The van der Waals surface area contributed by atoms with Crippen LogP contribution < -0.4 is 11.3 Å². The molecule has 0 aromatic carbocycles. The van der Waals surface area contributed by atoms with Crippen LogP contribution in [0.15, 0.2) is 23.3 Å². The van der Waals surface area contributed by atoms with Crippen molar-refractivity contribution in [2.45, 2.75) is 20.4 Å².